The first kappa shape index (κ1) is 10.2. The highest BCUT2D eigenvalue weighted by Crippen LogP contribution is 2.14. The number of hydrogen-bond acceptors (Lipinski definition) is 4. The lowest BCUT2D eigenvalue weighted by Gasteiger charge is -2.30. The number of aromatic nitrogens is 1. The second-order valence-corrected chi connectivity index (χ2v) is 3.95. The summed E-state index contributed by atoms with van der Waals surface area (Å²) in [5, 5.41) is 3.60. The van der Waals surface area contributed by atoms with Gasteiger partial charge in [0.15, 0.2) is 0 Å². The number of rotatable bonds is 1. The van der Waals surface area contributed by atoms with Crippen molar-refractivity contribution in [3.8, 4) is 0 Å². The molecular weight excluding hydrogens is 194 g/mol. The van der Waals surface area contributed by atoms with Gasteiger partial charge in [0.1, 0.15) is 11.3 Å². The summed E-state index contributed by atoms with van der Waals surface area (Å²) in [5.41, 5.74) is 6.37. The van der Waals surface area contributed by atoms with E-state index < -0.39 is 0 Å². The van der Waals surface area contributed by atoms with Crippen molar-refractivity contribution in [3.05, 3.63) is 17.5 Å². The molecule has 0 bridgehead atoms. The van der Waals surface area contributed by atoms with Crippen LogP contribution >= 0.6 is 0 Å². The number of piperidine rings is 1. The fraction of sp³-hybridized carbons (Fsp3) is 0.600. The molecule has 0 spiro atoms. The van der Waals surface area contributed by atoms with Crippen LogP contribution in [0.3, 0.4) is 0 Å². The quantitative estimate of drug-likeness (QED) is 0.733. The van der Waals surface area contributed by atoms with Gasteiger partial charge in [0.05, 0.1) is 6.20 Å². The molecule has 15 heavy (non-hydrogen) atoms. The molecule has 1 unspecified atom stereocenters. The summed E-state index contributed by atoms with van der Waals surface area (Å²) >= 11 is 0. The average molecular weight is 209 g/mol. The zero-order valence-corrected chi connectivity index (χ0v) is 8.77. The van der Waals surface area contributed by atoms with E-state index in [2.05, 4.69) is 5.16 Å². The molecule has 1 aromatic heterocycles. The smallest absolute Gasteiger partial charge is 0.259 e. The van der Waals surface area contributed by atoms with E-state index in [1.54, 1.807) is 11.8 Å². The molecule has 1 amide bonds. The van der Waals surface area contributed by atoms with Crippen LogP contribution in [0.2, 0.25) is 0 Å². The van der Waals surface area contributed by atoms with Crippen molar-refractivity contribution in [3.63, 3.8) is 0 Å². The number of likely N-dealkylation sites (tertiary alicyclic amines) is 1. The summed E-state index contributed by atoms with van der Waals surface area (Å²) in [6, 6.07) is 0.0999. The van der Waals surface area contributed by atoms with E-state index in [1.807, 2.05) is 0 Å². The molecule has 5 nitrogen and oxygen atoms in total. The lowest BCUT2D eigenvalue weighted by Crippen LogP contribution is -2.45. The van der Waals surface area contributed by atoms with Crippen LogP contribution in [0.5, 0.6) is 0 Å². The highest BCUT2D eigenvalue weighted by Gasteiger charge is 2.24. The van der Waals surface area contributed by atoms with Crippen LogP contribution in [-0.4, -0.2) is 35.1 Å². The number of nitrogens with zero attached hydrogens (tertiary/aromatic N) is 2. The van der Waals surface area contributed by atoms with Crippen molar-refractivity contribution in [2.24, 2.45) is 5.73 Å². The third-order valence-corrected chi connectivity index (χ3v) is 2.73. The van der Waals surface area contributed by atoms with Crippen LogP contribution in [0.15, 0.2) is 10.7 Å². The lowest BCUT2D eigenvalue weighted by atomic mass is 10.1. The maximum atomic E-state index is 12.0. The highest BCUT2D eigenvalue weighted by molar-refractivity contribution is 5.94. The van der Waals surface area contributed by atoms with Gasteiger partial charge in [0.25, 0.3) is 5.91 Å². The Morgan fingerprint density at radius 3 is 3.13 bits per heavy atom. The third kappa shape index (κ3) is 2.02. The first-order chi connectivity index (χ1) is 7.18. The molecule has 5 heteroatoms. The molecular formula is C10H15N3O2. The number of nitrogens with two attached hydrogens (primary N) is 1. The Balaban J connectivity index is 2.11. The lowest BCUT2D eigenvalue weighted by molar-refractivity contribution is 0.0707. The summed E-state index contributed by atoms with van der Waals surface area (Å²) in [6.45, 7) is 3.14. The zero-order valence-electron chi connectivity index (χ0n) is 8.77. The van der Waals surface area contributed by atoms with Gasteiger partial charge in [-0.2, -0.15) is 0 Å². The summed E-state index contributed by atoms with van der Waals surface area (Å²) in [4.78, 5) is 13.8. The van der Waals surface area contributed by atoms with E-state index in [0.29, 0.717) is 17.9 Å². The number of amides is 1. The fourth-order valence-corrected chi connectivity index (χ4v) is 1.87. The topological polar surface area (TPSA) is 72.4 Å². The molecule has 0 radical (unpaired) electrons. The first-order valence-corrected chi connectivity index (χ1v) is 5.14. The number of hydrogen-bond donors (Lipinski definition) is 1. The van der Waals surface area contributed by atoms with Gasteiger partial charge in [-0.25, -0.2) is 0 Å². The van der Waals surface area contributed by atoms with Gasteiger partial charge in [-0.15, -0.1) is 0 Å². The molecule has 0 aromatic carbocycles. The normalized spacial score (nSPS) is 21.7. The molecule has 1 aliphatic heterocycles. The predicted octanol–water partition coefficient (Wildman–Crippen LogP) is 0.546. The van der Waals surface area contributed by atoms with Crippen molar-refractivity contribution >= 4 is 5.91 Å². The molecule has 1 aliphatic rings. The van der Waals surface area contributed by atoms with Gasteiger partial charge in [-0.1, -0.05) is 5.16 Å². The van der Waals surface area contributed by atoms with Crippen LogP contribution in [0.1, 0.15) is 29.0 Å². The van der Waals surface area contributed by atoms with E-state index >= 15 is 0 Å². The van der Waals surface area contributed by atoms with Crippen molar-refractivity contribution in [1.29, 1.82) is 0 Å². The third-order valence-electron chi connectivity index (χ3n) is 2.73. The van der Waals surface area contributed by atoms with E-state index in [0.717, 1.165) is 19.4 Å². The number of carbonyl (C=O) groups is 1. The summed E-state index contributed by atoms with van der Waals surface area (Å²) in [5.74, 6) is 0.544. The van der Waals surface area contributed by atoms with Crippen molar-refractivity contribution in [1.82, 2.24) is 10.1 Å². The Bertz CT molecular complexity index is 361. The van der Waals surface area contributed by atoms with Crippen LogP contribution in [0.4, 0.5) is 0 Å². The molecule has 1 saturated heterocycles. The monoisotopic (exact) mass is 209 g/mol. The fourth-order valence-electron chi connectivity index (χ4n) is 1.87. The minimum Gasteiger partial charge on any atom is -0.361 e. The Morgan fingerprint density at radius 2 is 2.53 bits per heavy atom. The predicted molar refractivity (Wildman–Crippen MR) is 54.4 cm³/mol. The van der Waals surface area contributed by atoms with Crippen molar-refractivity contribution < 1.29 is 9.32 Å². The molecule has 82 valence electrons. The largest absolute Gasteiger partial charge is 0.361 e. The molecule has 2 N–H and O–H groups in total. The van der Waals surface area contributed by atoms with Gasteiger partial charge in [0.2, 0.25) is 0 Å². The maximum Gasteiger partial charge on any atom is 0.259 e. The van der Waals surface area contributed by atoms with Gasteiger partial charge < -0.3 is 15.2 Å². The molecule has 0 saturated carbocycles. The van der Waals surface area contributed by atoms with Crippen LogP contribution in [-0.2, 0) is 0 Å². The molecule has 2 rings (SSSR count). The van der Waals surface area contributed by atoms with Gasteiger partial charge >= 0.3 is 0 Å². The van der Waals surface area contributed by atoms with Crippen molar-refractivity contribution in [2.45, 2.75) is 25.8 Å². The molecule has 1 aromatic rings. The molecule has 0 aliphatic carbocycles. The average Bonchev–Trinajstić information content (AvgIpc) is 2.63. The Kier molecular flexibility index (Phi) is 2.73. The van der Waals surface area contributed by atoms with E-state index in [1.165, 1.54) is 6.20 Å². The second-order valence-electron chi connectivity index (χ2n) is 3.95. The van der Waals surface area contributed by atoms with Gasteiger partial charge in [-0.3, -0.25) is 4.79 Å². The molecule has 2 heterocycles. The van der Waals surface area contributed by atoms with Crippen molar-refractivity contribution in [2.75, 3.05) is 13.1 Å². The van der Waals surface area contributed by atoms with Crippen LogP contribution in [0.25, 0.3) is 0 Å². The van der Waals surface area contributed by atoms with Crippen LogP contribution < -0.4 is 5.73 Å². The standard InChI is InChI=1S/C10H15N3O2/c1-7-9(5-12-15-7)10(14)13-4-2-3-8(11)6-13/h5,8H,2-4,6,11H2,1H3. The van der Waals surface area contributed by atoms with E-state index in [-0.39, 0.29) is 11.9 Å². The Morgan fingerprint density at radius 1 is 1.73 bits per heavy atom. The second kappa shape index (κ2) is 4.02. The molecule has 1 fully saturated rings. The van der Waals surface area contributed by atoms with Crippen LogP contribution in [0, 0.1) is 6.92 Å². The van der Waals surface area contributed by atoms with E-state index in [9.17, 15) is 4.79 Å². The van der Waals surface area contributed by atoms with Gasteiger partial charge in [-0.05, 0) is 19.8 Å². The van der Waals surface area contributed by atoms with E-state index in [4.69, 9.17) is 10.3 Å². The first-order valence-electron chi connectivity index (χ1n) is 5.14. The Hall–Kier alpha value is -1.36. The summed E-state index contributed by atoms with van der Waals surface area (Å²) in [7, 11) is 0. The minimum absolute atomic E-state index is 0.0242. The zero-order chi connectivity index (χ0) is 10.8. The summed E-state index contributed by atoms with van der Waals surface area (Å²) in [6.07, 6.45) is 3.43. The highest BCUT2D eigenvalue weighted by atomic mass is 16.5. The maximum absolute atomic E-state index is 12.0. The summed E-state index contributed by atoms with van der Waals surface area (Å²) < 4.78 is 4.87. The number of carbonyl (C=O) groups excluding carboxylic acids is 1. The number of aryl methyl sites for hydroxylation is 1. The molecule has 1 atom stereocenters. The SMILES string of the molecule is Cc1oncc1C(=O)N1CCCC(N)C1. The Labute approximate surface area is 88.2 Å². The minimum atomic E-state index is -0.0242. The van der Waals surface area contributed by atoms with Gasteiger partial charge in [0, 0.05) is 19.1 Å².